The second kappa shape index (κ2) is 5.35. The Labute approximate surface area is 100 Å². The quantitative estimate of drug-likeness (QED) is 0.844. The van der Waals surface area contributed by atoms with Crippen LogP contribution in [0.2, 0.25) is 0 Å². The van der Waals surface area contributed by atoms with Gasteiger partial charge in [-0.15, -0.1) is 0 Å². The maximum atomic E-state index is 11.7. The van der Waals surface area contributed by atoms with E-state index < -0.39 is 15.8 Å². The summed E-state index contributed by atoms with van der Waals surface area (Å²) in [5.41, 5.74) is 0. The van der Waals surface area contributed by atoms with Gasteiger partial charge in [-0.05, 0) is 18.1 Å². The van der Waals surface area contributed by atoms with Crippen LogP contribution in [0.4, 0.5) is 0 Å². The molecule has 1 aromatic rings. The maximum Gasteiger partial charge on any atom is 0.371 e. The average molecular weight is 260 g/mol. The van der Waals surface area contributed by atoms with Gasteiger partial charge in [0, 0.05) is 0 Å². The Balaban J connectivity index is 2.73. The molecule has 1 aromatic heterocycles. The van der Waals surface area contributed by atoms with E-state index in [2.05, 4.69) is 0 Å². The molecule has 0 aromatic carbocycles. The van der Waals surface area contributed by atoms with Gasteiger partial charge in [-0.3, -0.25) is 0 Å². The van der Waals surface area contributed by atoms with Crippen LogP contribution in [0.25, 0.3) is 0 Å². The summed E-state index contributed by atoms with van der Waals surface area (Å²) in [6.45, 7) is 3.79. The molecule has 1 rings (SSSR count). The number of aromatic carboxylic acids is 1. The van der Waals surface area contributed by atoms with E-state index in [0.717, 1.165) is 6.42 Å². The molecule has 0 saturated heterocycles. The Morgan fingerprint density at radius 3 is 2.59 bits per heavy atom. The molecular weight excluding hydrogens is 244 g/mol. The molecule has 96 valence electrons. The summed E-state index contributed by atoms with van der Waals surface area (Å²) in [5.74, 6) is -1.33. The molecule has 1 unspecified atom stereocenters. The lowest BCUT2D eigenvalue weighted by Crippen LogP contribution is -2.15. The number of hydrogen-bond acceptors (Lipinski definition) is 4. The summed E-state index contributed by atoms with van der Waals surface area (Å²) >= 11 is 0. The number of carboxylic acid groups (broad SMARTS) is 1. The van der Waals surface area contributed by atoms with E-state index in [4.69, 9.17) is 9.52 Å². The fourth-order valence-corrected chi connectivity index (χ4v) is 3.21. The van der Waals surface area contributed by atoms with Crippen LogP contribution in [0.3, 0.4) is 0 Å². The zero-order valence-electron chi connectivity index (χ0n) is 9.84. The van der Waals surface area contributed by atoms with Crippen molar-refractivity contribution in [3.63, 3.8) is 0 Å². The summed E-state index contributed by atoms with van der Waals surface area (Å²) in [4.78, 5) is 10.6. The Morgan fingerprint density at radius 1 is 1.47 bits per heavy atom. The van der Waals surface area contributed by atoms with Gasteiger partial charge in [0.25, 0.3) is 0 Å². The highest BCUT2D eigenvalue weighted by molar-refractivity contribution is 7.90. The van der Waals surface area contributed by atoms with Crippen molar-refractivity contribution < 1.29 is 22.7 Å². The van der Waals surface area contributed by atoms with Gasteiger partial charge in [-0.1, -0.05) is 20.3 Å². The molecule has 0 bridgehead atoms. The minimum atomic E-state index is -3.25. The summed E-state index contributed by atoms with van der Waals surface area (Å²) in [5, 5.41) is 8.64. The highest BCUT2D eigenvalue weighted by Crippen LogP contribution is 2.14. The molecule has 6 heteroatoms. The molecule has 1 heterocycles. The molecule has 0 aliphatic rings. The van der Waals surface area contributed by atoms with E-state index in [1.165, 1.54) is 12.1 Å². The lowest BCUT2D eigenvalue weighted by molar-refractivity contribution is 0.0660. The fraction of sp³-hybridized carbons (Fsp3) is 0.545. The van der Waals surface area contributed by atoms with Crippen LogP contribution in [-0.2, 0) is 15.6 Å². The molecule has 0 amide bonds. The van der Waals surface area contributed by atoms with Crippen molar-refractivity contribution in [2.75, 3.05) is 5.75 Å². The largest absolute Gasteiger partial charge is 0.475 e. The van der Waals surface area contributed by atoms with Crippen molar-refractivity contribution in [1.82, 2.24) is 0 Å². The van der Waals surface area contributed by atoms with Crippen LogP contribution < -0.4 is 0 Å². The first-order valence-corrected chi connectivity index (χ1v) is 7.18. The van der Waals surface area contributed by atoms with Crippen LogP contribution in [0.1, 0.15) is 36.6 Å². The predicted octanol–water partition coefficient (Wildman–Crippen LogP) is 1.94. The molecule has 0 aliphatic carbocycles. The van der Waals surface area contributed by atoms with E-state index in [1.807, 2.05) is 13.8 Å². The van der Waals surface area contributed by atoms with Gasteiger partial charge in [0.2, 0.25) is 5.76 Å². The van der Waals surface area contributed by atoms with Crippen molar-refractivity contribution >= 4 is 15.8 Å². The maximum absolute atomic E-state index is 11.7. The Hall–Kier alpha value is -1.30. The molecular formula is C11H16O5S. The van der Waals surface area contributed by atoms with Gasteiger partial charge in [-0.25, -0.2) is 13.2 Å². The number of hydrogen-bond donors (Lipinski definition) is 1. The van der Waals surface area contributed by atoms with Gasteiger partial charge in [0.1, 0.15) is 11.5 Å². The summed E-state index contributed by atoms with van der Waals surface area (Å²) in [6, 6.07) is 2.65. The highest BCUT2D eigenvalue weighted by atomic mass is 32.2. The van der Waals surface area contributed by atoms with Crippen LogP contribution >= 0.6 is 0 Å². The second-order valence-electron chi connectivity index (χ2n) is 4.14. The minimum absolute atomic E-state index is 0.0899. The molecule has 1 atom stereocenters. The topological polar surface area (TPSA) is 84.6 Å². The van der Waals surface area contributed by atoms with E-state index >= 15 is 0 Å². The normalized spacial score (nSPS) is 13.5. The van der Waals surface area contributed by atoms with Crippen molar-refractivity contribution in [3.05, 3.63) is 23.7 Å². The summed E-state index contributed by atoms with van der Waals surface area (Å²) in [7, 11) is -3.25. The average Bonchev–Trinajstić information content (AvgIpc) is 2.64. The Morgan fingerprint density at radius 2 is 2.12 bits per heavy atom. The molecule has 0 spiro atoms. The van der Waals surface area contributed by atoms with Crippen molar-refractivity contribution in [2.24, 2.45) is 5.92 Å². The Bertz CT molecular complexity index is 486. The van der Waals surface area contributed by atoms with Gasteiger partial charge in [0.15, 0.2) is 9.84 Å². The van der Waals surface area contributed by atoms with E-state index in [0.29, 0.717) is 0 Å². The van der Waals surface area contributed by atoms with E-state index in [1.54, 1.807) is 0 Å². The Kier molecular flexibility index (Phi) is 4.34. The standard InChI is InChI=1S/C11H16O5S/c1-3-8(2)6-17(14,15)7-9-4-5-10(16-9)11(12)13/h4-5,8H,3,6-7H2,1-2H3,(H,12,13). The number of furan rings is 1. The van der Waals surface area contributed by atoms with Crippen LogP contribution in [-0.4, -0.2) is 25.2 Å². The number of carboxylic acids is 1. The molecule has 5 nitrogen and oxygen atoms in total. The van der Waals surface area contributed by atoms with Crippen LogP contribution in [0.5, 0.6) is 0 Å². The fourth-order valence-electron chi connectivity index (χ4n) is 1.40. The molecule has 17 heavy (non-hydrogen) atoms. The SMILES string of the molecule is CCC(C)CS(=O)(=O)Cc1ccc(C(=O)O)o1. The van der Waals surface area contributed by atoms with Crippen LogP contribution in [0, 0.1) is 5.92 Å². The first-order valence-electron chi connectivity index (χ1n) is 5.36. The van der Waals surface area contributed by atoms with Gasteiger partial charge < -0.3 is 9.52 Å². The van der Waals surface area contributed by atoms with Gasteiger partial charge >= 0.3 is 5.97 Å². The first kappa shape index (κ1) is 13.8. The predicted molar refractivity (Wildman–Crippen MR) is 62.6 cm³/mol. The van der Waals surface area contributed by atoms with Crippen LogP contribution in [0.15, 0.2) is 16.5 Å². The van der Waals surface area contributed by atoms with E-state index in [-0.39, 0.29) is 28.9 Å². The zero-order valence-corrected chi connectivity index (χ0v) is 10.7. The van der Waals surface area contributed by atoms with Crippen molar-refractivity contribution in [1.29, 1.82) is 0 Å². The minimum Gasteiger partial charge on any atom is -0.475 e. The molecule has 0 fully saturated rings. The first-order chi connectivity index (χ1) is 7.84. The third-order valence-electron chi connectivity index (χ3n) is 2.47. The third kappa shape index (κ3) is 4.22. The molecule has 0 aliphatic heterocycles. The third-order valence-corrected chi connectivity index (χ3v) is 4.27. The summed E-state index contributed by atoms with van der Waals surface area (Å²) < 4.78 is 28.4. The monoisotopic (exact) mass is 260 g/mol. The van der Waals surface area contributed by atoms with Crippen molar-refractivity contribution in [2.45, 2.75) is 26.0 Å². The number of rotatable bonds is 6. The zero-order chi connectivity index (χ0) is 13.1. The summed E-state index contributed by atoms with van der Waals surface area (Å²) in [6.07, 6.45) is 0.789. The van der Waals surface area contributed by atoms with E-state index in [9.17, 15) is 13.2 Å². The lowest BCUT2D eigenvalue weighted by Gasteiger charge is -2.07. The van der Waals surface area contributed by atoms with Gasteiger partial charge in [-0.2, -0.15) is 0 Å². The number of carbonyl (C=O) groups is 1. The van der Waals surface area contributed by atoms with Crippen molar-refractivity contribution in [3.8, 4) is 0 Å². The smallest absolute Gasteiger partial charge is 0.371 e. The van der Waals surface area contributed by atoms with Gasteiger partial charge in [0.05, 0.1) is 5.75 Å². The molecule has 0 radical (unpaired) electrons. The highest BCUT2D eigenvalue weighted by Gasteiger charge is 2.18. The number of sulfone groups is 1. The molecule has 0 saturated carbocycles. The second-order valence-corrected chi connectivity index (χ2v) is 6.25. The molecule has 1 N–H and O–H groups in total. The lowest BCUT2D eigenvalue weighted by atomic mass is 10.2.